The topological polar surface area (TPSA) is 147 Å². The van der Waals surface area contributed by atoms with E-state index in [1.807, 2.05) is 30.3 Å². The number of carbonyl (C=O) groups excluding carboxylic acids is 2. The van der Waals surface area contributed by atoms with Gasteiger partial charge in [0.2, 0.25) is 5.91 Å². The predicted octanol–water partition coefficient (Wildman–Crippen LogP) is 0.660. The number of Topliss-reactive ketones (excluding diaryl/α,β-unsaturated/α-hetero) is 1. The summed E-state index contributed by atoms with van der Waals surface area (Å²) in [5.41, 5.74) is 2.44. The van der Waals surface area contributed by atoms with E-state index in [1.165, 1.54) is 6.08 Å². The molecule has 0 spiro atoms. The Bertz CT molecular complexity index is 968. The zero-order chi connectivity index (χ0) is 25.3. The summed E-state index contributed by atoms with van der Waals surface area (Å²) in [6.45, 7) is 5.43. The second-order valence-electron chi connectivity index (χ2n) is 10.1. The van der Waals surface area contributed by atoms with Gasteiger partial charge in [0.15, 0.2) is 5.78 Å². The third kappa shape index (κ3) is 4.87. The lowest BCUT2D eigenvalue weighted by atomic mass is 9.69. The van der Waals surface area contributed by atoms with Crippen LogP contribution in [0.15, 0.2) is 35.9 Å². The van der Waals surface area contributed by atoms with Crippen LogP contribution < -0.4 is 5.32 Å². The highest BCUT2D eigenvalue weighted by molar-refractivity contribution is 6.06. The van der Waals surface area contributed by atoms with Crippen molar-refractivity contribution in [2.45, 2.75) is 58.0 Å². The standard InChI is InChI=1S/C26H35NO7/c1-25(2)17-10-11-26(25,3)18(22(17)32)12-16-6-4-15(5-7-16)8-9-21(31)27-13-19(29)23(33)24(34)20(30)14-28/h4-9,12,17,19-20,23-24,28-30,33-34H,10-11,13-14H2,1-3H3,(H,27,31)/b9-8+,18-12-/t17?,19-,20+,23+,24+,26?/m0/s1. The van der Waals surface area contributed by atoms with Crippen molar-refractivity contribution in [3.63, 3.8) is 0 Å². The van der Waals surface area contributed by atoms with E-state index in [-0.39, 0.29) is 29.1 Å². The maximum absolute atomic E-state index is 12.9. The number of hydrogen-bond donors (Lipinski definition) is 6. The average Bonchev–Trinajstić information content (AvgIpc) is 3.13. The van der Waals surface area contributed by atoms with E-state index in [4.69, 9.17) is 5.11 Å². The Morgan fingerprint density at radius 2 is 1.65 bits per heavy atom. The molecule has 0 aromatic heterocycles. The molecule has 8 nitrogen and oxygen atoms in total. The van der Waals surface area contributed by atoms with Crippen molar-refractivity contribution in [3.05, 3.63) is 47.0 Å². The number of benzene rings is 1. The number of allylic oxidation sites excluding steroid dienone is 1. The van der Waals surface area contributed by atoms with Crippen LogP contribution in [0.4, 0.5) is 0 Å². The van der Waals surface area contributed by atoms with Crippen molar-refractivity contribution >= 4 is 23.8 Å². The summed E-state index contributed by atoms with van der Waals surface area (Å²) < 4.78 is 0. The molecule has 1 amide bonds. The molecule has 186 valence electrons. The van der Waals surface area contributed by atoms with Crippen LogP contribution in [0.5, 0.6) is 0 Å². The molecule has 8 heteroatoms. The third-order valence-corrected chi connectivity index (χ3v) is 7.89. The summed E-state index contributed by atoms with van der Waals surface area (Å²) in [6, 6.07) is 7.47. The van der Waals surface area contributed by atoms with Gasteiger partial charge in [-0.05, 0) is 41.5 Å². The molecule has 6 N–H and O–H groups in total. The SMILES string of the molecule is CC12CCC(C(=O)/C1=C/c1ccc(/C=C/C(=O)NC[C@H](O)[C@@H](O)[C@H](O)[C@H](O)CO)cc1)C2(C)C. The predicted molar refractivity (Wildman–Crippen MR) is 127 cm³/mol. The molecule has 2 aliphatic rings. The van der Waals surface area contributed by atoms with Crippen LogP contribution in [0.1, 0.15) is 44.7 Å². The molecule has 2 fully saturated rings. The zero-order valence-corrected chi connectivity index (χ0v) is 19.8. The molecule has 1 aromatic rings. The monoisotopic (exact) mass is 473 g/mol. The molecule has 1 aromatic carbocycles. The highest BCUT2D eigenvalue weighted by Crippen LogP contribution is 2.66. The first kappa shape index (κ1) is 26.2. The summed E-state index contributed by atoms with van der Waals surface area (Å²) in [7, 11) is 0. The number of ketones is 1. The normalized spacial score (nSPS) is 28.3. The fourth-order valence-electron chi connectivity index (χ4n) is 5.12. The van der Waals surface area contributed by atoms with E-state index in [0.717, 1.165) is 29.5 Å². The Kier molecular flexibility index (Phi) is 7.79. The lowest BCUT2D eigenvalue weighted by molar-refractivity contribution is -0.122. The molecule has 2 aliphatic carbocycles. The molecule has 0 radical (unpaired) electrons. The summed E-state index contributed by atoms with van der Waals surface area (Å²) in [5.74, 6) is -0.172. The van der Waals surface area contributed by atoms with Gasteiger partial charge in [-0.3, -0.25) is 9.59 Å². The molecule has 0 heterocycles. The number of aliphatic hydroxyl groups excluding tert-OH is 5. The van der Waals surface area contributed by atoms with Gasteiger partial charge in [-0.25, -0.2) is 0 Å². The van der Waals surface area contributed by atoms with E-state index in [9.17, 15) is 30.0 Å². The fraction of sp³-hybridized carbons (Fsp3) is 0.538. The lowest BCUT2D eigenvalue weighted by Gasteiger charge is -2.34. The summed E-state index contributed by atoms with van der Waals surface area (Å²) >= 11 is 0. The second-order valence-corrected chi connectivity index (χ2v) is 10.1. The van der Waals surface area contributed by atoms with Crippen LogP contribution in [0.25, 0.3) is 12.2 Å². The molecule has 2 saturated carbocycles. The molecular weight excluding hydrogens is 438 g/mol. The van der Waals surface area contributed by atoms with E-state index in [2.05, 4.69) is 26.1 Å². The minimum absolute atomic E-state index is 0.0354. The minimum atomic E-state index is -1.75. The van der Waals surface area contributed by atoms with Crippen LogP contribution in [0.2, 0.25) is 0 Å². The molecule has 34 heavy (non-hydrogen) atoms. The smallest absolute Gasteiger partial charge is 0.244 e. The van der Waals surface area contributed by atoms with Gasteiger partial charge in [-0.2, -0.15) is 0 Å². The van der Waals surface area contributed by atoms with Gasteiger partial charge in [0.25, 0.3) is 0 Å². The van der Waals surface area contributed by atoms with Crippen LogP contribution in [-0.2, 0) is 9.59 Å². The highest BCUT2D eigenvalue weighted by atomic mass is 16.4. The molecule has 3 rings (SSSR count). The van der Waals surface area contributed by atoms with Gasteiger partial charge in [0.1, 0.15) is 18.3 Å². The van der Waals surface area contributed by atoms with Crippen LogP contribution in [0.3, 0.4) is 0 Å². The van der Waals surface area contributed by atoms with Crippen molar-refractivity contribution in [1.82, 2.24) is 5.32 Å². The summed E-state index contributed by atoms with van der Waals surface area (Å²) in [4.78, 5) is 24.9. The minimum Gasteiger partial charge on any atom is -0.394 e. The Hall–Kier alpha value is -2.36. The van der Waals surface area contributed by atoms with Crippen LogP contribution in [0, 0.1) is 16.7 Å². The number of fused-ring (bicyclic) bond motifs is 2. The maximum Gasteiger partial charge on any atom is 0.244 e. The molecule has 2 unspecified atom stereocenters. The van der Waals surface area contributed by atoms with Gasteiger partial charge in [0.05, 0.1) is 12.7 Å². The third-order valence-electron chi connectivity index (χ3n) is 7.89. The first-order valence-corrected chi connectivity index (χ1v) is 11.6. The van der Waals surface area contributed by atoms with Crippen molar-refractivity contribution in [1.29, 1.82) is 0 Å². The molecule has 2 bridgehead atoms. The number of nitrogens with one attached hydrogen (secondary N) is 1. The number of amides is 1. The van der Waals surface area contributed by atoms with Gasteiger partial charge >= 0.3 is 0 Å². The van der Waals surface area contributed by atoms with Crippen molar-refractivity contribution in [2.24, 2.45) is 16.7 Å². The average molecular weight is 474 g/mol. The summed E-state index contributed by atoms with van der Waals surface area (Å²) in [5, 5.41) is 49.7. The van der Waals surface area contributed by atoms with Crippen LogP contribution >= 0.6 is 0 Å². The Morgan fingerprint density at radius 3 is 2.21 bits per heavy atom. The molecular formula is C26H35NO7. The van der Waals surface area contributed by atoms with E-state index in [1.54, 1.807) is 6.08 Å². The lowest BCUT2D eigenvalue weighted by Crippen LogP contribution is -2.49. The largest absolute Gasteiger partial charge is 0.394 e. The van der Waals surface area contributed by atoms with Gasteiger partial charge in [0, 0.05) is 29.5 Å². The molecule has 0 aliphatic heterocycles. The Labute approximate surface area is 199 Å². The number of carbonyl (C=O) groups is 2. The Morgan fingerprint density at radius 1 is 1.06 bits per heavy atom. The fourth-order valence-corrected chi connectivity index (χ4v) is 5.12. The van der Waals surface area contributed by atoms with Crippen molar-refractivity contribution < 1.29 is 35.1 Å². The Balaban J connectivity index is 1.57. The highest BCUT2D eigenvalue weighted by Gasteiger charge is 2.63. The first-order valence-electron chi connectivity index (χ1n) is 11.6. The van der Waals surface area contributed by atoms with Gasteiger partial charge in [-0.1, -0.05) is 45.0 Å². The number of hydrogen-bond acceptors (Lipinski definition) is 7. The molecule has 6 atom stereocenters. The van der Waals surface area contributed by atoms with E-state index < -0.39 is 36.9 Å². The van der Waals surface area contributed by atoms with Crippen molar-refractivity contribution in [2.75, 3.05) is 13.2 Å². The second kappa shape index (κ2) is 10.1. The van der Waals surface area contributed by atoms with Crippen molar-refractivity contribution in [3.8, 4) is 0 Å². The maximum atomic E-state index is 12.9. The first-order chi connectivity index (χ1) is 15.9. The quantitative estimate of drug-likeness (QED) is 0.289. The number of aliphatic hydroxyl groups is 5. The molecule has 0 saturated heterocycles. The van der Waals surface area contributed by atoms with E-state index >= 15 is 0 Å². The van der Waals surface area contributed by atoms with E-state index in [0.29, 0.717) is 0 Å². The van der Waals surface area contributed by atoms with Gasteiger partial charge < -0.3 is 30.8 Å². The summed E-state index contributed by atoms with van der Waals surface area (Å²) in [6.07, 6.45) is 0.209. The van der Waals surface area contributed by atoms with Crippen LogP contribution in [-0.4, -0.2) is 74.8 Å². The number of rotatable bonds is 9. The zero-order valence-electron chi connectivity index (χ0n) is 19.8. The van der Waals surface area contributed by atoms with Gasteiger partial charge in [-0.15, -0.1) is 0 Å².